The summed E-state index contributed by atoms with van der Waals surface area (Å²) in [5, 5.41) is 6.59. The lowest BCUT2D eigenvalue weighted by molar-refractivity contribution is 0.0595. The number of carbonyl (C=O) groups excluding carboxylic acids is 1. The van der Waals surface area contributed by atoms with Crippen molar-refractivity contribution in [1.82, 2.24) is 9.97 Å². The number of hydrogen-bond donors (Lipinski definition) is 1. The number of ether oxygens (including phenoxy) is 1. The summed E-state index contributed by atoms with van der Waals surface area (Å²) in [6.45, 7) is 4.03. The molecule has 96 valence electrons. The normalized spacial score (nSPS) is 12.2. The molecule has 1 N–H and O–H groups in total. The van der Waals surface area contributed by atoms with Crippen molar-refractivity contribution in [2.45, 2.75) is 19.9 Å². The fraction of sp³-hybridized carbons (Fsp3) is 0.364. The monoisotopic (exact) mass is 283 g/mol. The van der Waals surface area contributed by atoms with Gasteiger partial charge in [0.05, 0.1) is 13.2 Å². The topological polar surface area (TPSA) is 64.1 Å². The molecule has 1 unspecified atom stereocenters. The van der Waals surface area contributed by atoms with E-state index in [1.165, 1.54) is 23.3 Å². The lowest BCUT2D eigenvalue weighted by atomic mass is 10.4. The Balaban J connectivity index is 2.05. The molecule has 0 bridgehead atoms. The highest BCUT2D eigenvalue weighted by Gasteiger charge is 2.14. The zero-order valence-electron chi connectivity index (χ0n) is 10.3. The van der Waals surface area contributed by atoms with Gasteiger partial charge in [-0.15, -0.1) is 22.7 Å². The first kappa shape index (κ1) is 13.0. The van der Waals surface area contributed by atoms with E-state index in [9.17, 15) is 4.79 Å². The van der Waals surface area contributed by atoms with Crippen LogP contribution < -0.4 is 5.32 Å². The molecule has 2 heterocycles. The summed E-state index contributed by atoms with van der Waals surface area (Å²) < 4.78 is 4.61. The van der Waals surface area contributed by atoms with Gasteiger partial charge in [-0.05, 0) is 13.8 Å². The van der Waals surface area contributed by atoms with Crippen molar-refractivity contribution in [3.05, 3.63) is 27.2 Å². The van der Waals surface area contributed by atoms with E-state index >= 15 is 0 Å². The fourth-order valence-corrected chi connectivity index (χ4v) is 2.90. The molecule has 0 saturated carbocycles. The van der Waals surface area contributed by atoms with Gasteiger partial charge >= 0.3 is 5.97 Å². The first-order chi connectivity index (χ1) is 8.60. The fourth-order valence-electron chi connectivity index (χ4n) is 1.36. The van der Waals surface area contributed by atoms with E-state index in [0.717, 1.165) is 5.01 Å². The number of hydrogen-bond acceptors (Lipinski definition) is 7. The number of aromatic nitrogens is 2. The maximum Gasteiger partial charge on any atom is 0.357 e. The summed E-state index contributed by atoms with van der Waals surface area (Å²) in [5.74, 6) is -0.419. The van der Waals surface area contributed by atoms with Gasteiger partial charge in [-0.25, -0.2) is 14.8 Å². The molecule has 0 fully saturated rings. The Kier molecular flexibility index (Phi) is 3.93. The summed E-state index contributed by atoms with van der Waals surface area (Å²) in [6, 6.07) is 0.0698. The average molecular weight is 283 g/mol. The molecule has 0 aliphatic heterocycles. The molecule has 2 aromatic heterocycles. The Morgan fingerprint density at radius 2 is 2.33 bits per heavy atom. The van der Waals surface area contributed by atoms with Crippen LogP contribution in [0, 0.1) is 6.92 Å². The van der Waals surface area contributed by atoms with Crippen molar-refractivity contribution in [3.8, 4) is 0 Å². The first-order valence-electron chi connectivity index (χ1n) is 5.33. The van der Waals surface area contributed by atoms with Crippen molar-refractivity contribution in [2.75, 3.05) is 12.4 Å². The standard InChI is InChI=1S/C11H13N3O2S2/c1-6-4-12-9(18-6)7(2)13-11-14-8(5-17-11)10(15)16-3/h4-5,7H,1-3H3,(H,13,14). The number of nitrogens with zero attached hydrogens (tertiary/aromatic N) is 2. The molecule has 0 aromatic carbocycles. The average Bonchev–Trinajstić information content (AvgIpc) is 2.97. The van der Waals surface area contributed by atoms with Crippen LogP contribution in [-0.4, -0.2) is 23.0 Å². The van der Waals surface area contributed by atoms with Gasteiger partial charge in [0, 0.05) is 16.5 Å². The smallest absolute Gasteiger partial charge is 0.357 e. The van der Waals surface area contributed by atoms with Gasteiger partial charge in [0.2, 0.25) is 0 Å². The number of rotatable bonds is 4. The second-order valence-corrected chi connectivity index (χ2v) is 5.83. The third-order valence-corrected chi connectivity index (χ3v) is 4.12. The minimum absolute atomic E-state index is 0.0698. The van der Waals surface area contributed by atoms with Crippen LogP contribution in [0.25, 0.3) is 0 Å². The van der Waals surface area contributed by atoms with Crippen molar-refractivity contribution >= 4 is 33.8 Å². The highest BCUT2D eigenvalue weighted by molar-refractivity contribution is 7.14. The molecule has 0 spiro atoms. The van der Waals surface area contributed by atoms with Crippen molar-refractivity contribution in [3.63, 3.8) is 0 Å². The minimum Gasteiger partial charge on any atom is -0.464 e. The zero-order chi connectivity index (χ0) is 13.1. The number of anilines is 1. The first-order valence-corrected chi connectivity index (χ1v) is 7.02. The summed E-state index contributed by atoms with van der Waals surface area (Å²) in [4.78, 5) is 20.9. The Labute approximate surface area is 113 Å². The second-order valence-electron chi connectivity index (χ2n) is 3.70. The van der Waals surface area contributed by atoms with Gasteiger partial charge in [0.15, 0.2) is 10.8 Å². The van der Waals surface area contributed by atoms with E-state index in [4.69, 9.17) is 0 Å². The van der Waals surface area contributed by atoms with Crippen molar-refractivity contribution < 1.29 is 9.53 Å². The summed E-state index contributed by atoms with van der Waals surface area (Å²) in [6.07, 6.45) is 1.85. The van der Waals surface area contributed by atoms with Gasteiger partial charge in [-0.2, -0.15) is 0 Å². The number of methoxy groups -OCH3 is 1. The quantitative estimate of drug-likeness (QED) is 0.874. The van der Waals surface area contributed by atoms with E-state index in [-0.39, 0.29) is 6.04 Å². The van der Waals surface area contributed by atoms with Crippen LogP contribution in [0.1, 0.15) is 33.3 Å². The number of nitrogens with one attached hydrogen (secondary N) is 1. The van der Waals surface area contributed by atoms with Crippen LogP contribution in [0.2, 0.25) is 0 Å². The van der Waals surface area contributed by atoms with Crippen LogP contribution >= 0.6 is 22.7 Å². The third-order valence-electron chi connectivity index (χ3n) is 2.25. The lowest BCUT2D eigenvalue weighted by Crippen LogP contribution is -2.07. The second kappa shape index (κ2) is 5.45. The highest BCUT2D eigenvalue weighted by atomic mass is 32.1. The Hall–Kier alpha value is -1.47. The minimum atomic E-state index is -0.419. The van der Waals surface area contributed by atoms with E-state index in [1.54, 1.807) is 16.7 Å². The van der Waals surface area contributed by atoms with Crippen LogP contribution in [0.3, 0.4) is 0 Å². The Morgan fingerprint density at radius 3 is 2.94 bits per heavy atom. The Bertz CT molecular complexity index is 550. The predicted molar refractivity (Wildman–Crippen MR) is 72.3 cm³/mol. The molecule has 0 radical (unpaired) electrons. The maximum absolute atomic E-state index is 11.3. The van der Waals surface area contributed by atoms with Crippen LogP contribution in [0.4, 0.5) is 5.13 Å². The summed E-state index contributed by atoms with van der Waals surface area (Å²) >= 11 is 3.02. The van der Waals surface area contributed by atoms with Crippen molar-refractivity contribution in [1.29, 1.82) is 0 Å². The number of esters is 1. The molecule has 2 rings (SSSR count). The molecular weight excluding hydrogens is 270 g/mol. The molecule has 2 aromatic rings. The molecule has 5 nitrogen and oxygen atoms in total. The Morgan fingerprint density at radius 1 is 1.56 bits per heavy atom. The van der Waals surface area contributed by atoms with E-state index < -0.39 is 5.97 Å². The van der Waals surface area contributed by atoms with Crippen molar-refractivity contribution in [2.24, 2.45) is 0 Å². The molecule has 0 amide bonds. The zero-order valence-corrected chi connectivity index (χ0v) is 11.9. The predicted octanol–water partition coefficient (Wildman–Crippen LogP) is 2.87. The third kappa shape index (κ3) is 2.85. The maximum atomic E-state index is 11.3. The molecule has 0 aliphatic rings. The lowest BCUT2D eigenvalue weighted by Gasteiger charge is -2.08. The molecule has 0 aliphatic carbocycles. The number of carbonyl (C=O) groups is 1. The van der Waals surface area contributed by atoms with Crippen LogP contribution in [0.5, 0.6) is 0 Å². The number of thiazole rings is 2. The summed E-state index contributed by atoms with van der Waals surface area (Å²) in [5.41, 5.74) is 0.326. The molecule has 7 heteroatoms. The molecule has 18 heavy (non-hydrogen) atoms. The molecular formula is C11H13N3O2S2. The number of aryl methyl sites for hydroxylation is 1. The van der Waals surface area contributed by atoms with Gasteiger partial charge in [0.1, 0.15) is 5.01 Å². The van der Waals surface area contributed by atoms with E-state index in [0.29, 0.717) is 10.8 Å². The highest BCUT2D eigenvalue weighted by Crippen LogP contribution is 2.25. The van der Waals surface area contributed by atoms with Crippen LogP contribution in [0.15, 0.2) is 11.6 Å². The van der Waals surface area contributed by atoms with Gasteiger partial charge in [0.25, 0.3) is 0 Å². The van der Waals surface area contributed by atoms with Gasteiger partial charge in [-0.1, -0.05) is 0 Å². The SMILES string of the molecule is COC(=O)c1csc(NC(C)c2ncc(C)s2)n1. The van der Waals surface area contributed by atoms with E-state index in [2.05, 4.69) is 20.0 Å². The van der Waals surface area contributed by atoms with Crippen LogP contribution in [-0.2, 0) is 4.74 Å². The van der Waals surface area contributed by atoms with Gasteiger partial charge < -0.3 is 10.1 Å². The molecule has 1 atom stereocenters. The van der Waals surface area contributed by atoms with Gasteiger partial charge in [-0.3, -0.25) is 0 Å². The summed E-state index contributed by atoms with van der Waals surface area (Å²) in [7, 11) is 1.34. The van der Waals surface area contributed by atoms with E-state index in [1.807, 2.05) is 20.0 Å². The molecule has 0 saturated heterocycles. The largest absolute Gasteiger partial charge is 0.464 e.